The topological polar surface area (TPSA) is 93.8 Å². The molecule has 1 amide bonds. The average Bonchev–Trinajstić information content (AvgIpc) is 3.49. The van der Waals surface area contributed by atoms with E-state index < -0.39 is 0 Å². The molecule has 4 heterocycles. The molecule has 0 saturated carbocycles. The van der Waals surface area contributed by atoms with Gasteiger partial charge in [0.05, 0.1) is 12.2 Å². The first-order valence-electron chi connectivity index (χ1n) is 12.7. The Kier molecular flexibility index (Phi) is 6.62. The maximum absolute atomic E-state index is 12.0. The molecule has 36 heavy (non-hydrogen) atoms. The van der Waals surface area contributed by atoms with Crippen molar-refractivity contribution < 1.29 is 4.79 Å². The number of aromatic nitrogens is 5. The molecule has 188 valence electrons. The summed E-state index contributed by atoms with van der Waals surface area (Å²) in [6.07, 6.45) is 3.81. The lowest BCUT2D eigenvalue weighted by atomic mass is 9.95. The Morgan fingerprint density at radius 2 is 1.86 bits per heavy atom. The van der Waals surface area contributed by atoms with E-state index in [-0.39, 0.29) is 5.91 Å². The van der Waals surface area contributed by atoms with E-state index in [1.54, 1.807) is 19.0 Å². The number of hydrogen-bond donors (Lipinski definition) is 2. The molecule has 1 saturated heterocycles. The normalized spacial score (nSPS) is 15.2. The van der Waals surface area contributed by atoms with Crippen LogP contribution in [0.25, 0.3) is 33.5 Å². The van der Waals surface area contributed by atoms with Crippen molar-refractivity contribution in [2.75, 3.05) is 33.7 Å². The Labute approximate surface area is 212 Å². The Bertz CT molecular complexity index is 1380. The van der Waals surface area contributed by atoms with Gasteiger partial charge in [0.1, 0.15) is 5.82 Å². The van der Waals surface area contributed by atoms with E-state index in [1.165, 1.54) is 10.9 Å². The second-order valence-electron chi connectivity index (χ2n) is 10.4. The lowest BCUT2D eigenvalue weighted by Crippen LogP contribution is -2.40. The van der Waals surface area contributed by atoms with Crippen LogP contribution in [0.4, 0.5) is 0 Å². The van der Waals surface area contributed by atoms with Crippen LogP contribution < -0.4 is 0 Å². The second kappa shape index (κ2) is 9.85. The number of likely N-dealkylation sites (N-methyl/N-ethyl adjacent to an activating group) is 1. The number of fused-ring (bicyclic) bond motifs is 1. The first kappa shape index (κ1) is 24.2. The van der Waals surface area contributed by atoms with Crippen LogP contribution in [0.2, 0.25) is 0 Å². The molecule has 5 rings (SSSR count). The number of pyridine rings is 1. The molecule has 0 spiro atoms. The van der Waals surface area contributed by atoms with Crippen LogP contribution in [0.15, 0.2) is 36.5 Å². The molecule has 1 fully saturated rings. The third-order valence-corrected chi connectivity index (χ3v) is 7.21. The lowest BCUT2D eigenvalue weighted by Gasteiger charge is -2.30. The van der Waals surface area contributed by atoms with Crippen molar-refractivity contribution in [3.05, 3.63) is 53.6 Å². The molecule has 0 atom stereocenters. The Hall–Kier alpha value is -3.52. The predicted octanol–water partition coefficient (Wildman–Crippen LogP) is 4.71. The van der Waals surface area contributed by atoms with E-state index in [9.17, 15) is 4.79 Å². The molecule has 8 heteroatoms. The Balaban J connectivity index is 1.38. The number of aryl methyl sites for hydroxylation is 1. The molecular weight excluding hydrogens is 450 g/mol. The molecule has 1 aliphatic heterocycles. The van der Waals surface area contributed by atoms with Crippen LogP contribution in [0.3, 0.4) is 0 Å². The number of carbonyl (C=O) groups excluding carboxylic acids is 1. The van der Waals surface area contributed by atoms with Crippen LogP contribution in [-0.2, 0) is 4.79 Å². The summed E-state index contributed by atoms with van der Waals surface area (Å²) in [5, 5.41) is 10.2. The number of aromatic amines is 2. The standard InChI is InChI=1S/C28H35N7O/c1-17(2)25-22-15-21(6-7-23(22)30-26(25)20-8-11-29-18(3)14-20)28-31-27(32-33-28)19-9-12-35(13-10-19)16-24(36)34(4)5/h6-8,11,14-15,17,19,30H,9-10,12-13,16H2,1-5H3,(H,31,32,33). The van der Waals surface area contributed by atoms with Gasteiger partial charge in [-0.15, -0.1) is 10.2 Å². The van der Waals surface area contributed by atoms with E-state index in [4.69, 9.17) is 0 Å². The van der Waals surface area contributed by atoms with E-state index >= 15 is 0 Å². The average molecular weight is 486 g/mol. The van der Waals surface area contributed by atoms with Crippen LogP contribution in [0.5, 0.6) is 0 Å². The van der Waals surface area contributed by atoms with Crippen molar-refractivity contribution in [2.45, 2.75) is 45.4 Å². The first-order chi connectivity index (χ1) is 17.3. The summed E-state index contributed by atoms with van der Waals surface area (Å²) in [4.78, 5) is 27.4. The number of carbonyl (C=O) groups is 1. The summed E-state index contributed by atoms with van der Waals surface area (Å²) in [6.45, 7) is 8.76. The number of nitrogens with zero attached hydrogens (tertiary/aromatic N) is 5. The number of H-pyrrole nitrogens is 2. The molecule has 8 nitrogen and oxygen atoms in total. The van der Waals surface area contributed by atoms with Crippen LogP contribution in [-0.4, -0.2) is 74.6 Å². The van der Waals surface area contributed by atoms with Crippen LogP contribution in [0, 0.1) is 6.92 Å². The molecule has 2 N–H and O–H groups in total. The summed E-state index contributed by atoms with van der Waals surface area (Å²) in [5.41, 5.74) is 6.77. The fourth-order valence-electron chi connectivity index (χ4n) is 5.17. The smallest absolute Gasteiger partial charge is 0.236 e. The van der Waals surface area contributed by atoms with E-state index in [1.807, 2.05) is 13.1 Å². The van der Waals surface area contributed by atoms with Gasteiger partial charge in [0.15, 0.2) is 5.82 Å². The van der Waals surface area contributed by atoms with Gasteiger partial charge in [-0.3, -0.25) is 14.7 Å². The maximum atomic E-state index is 12.0. The van der Waals surface area contributed by atoms with E-state index in [0.29, 0.717) is 18.4 Å². The molecule has 1 aromatic carbocycles. The summed E-state index contributed by atoms with van der Waals surface area (Å²) in [5.74, 6) is 2.58. The van der Waals surface area contributed by atoms with Gasteiger partial charge in [-0.25, -0.2) is 0 Å². The zero-order chi connectivity index (χ0) is 25.4. The fourth-order valence-corrected chi connectivity index (χ4v) is 5.17. The lowest BCUT2D eigenvalue weighted by molar-refractivity contribution is -0.130. The highest BCUT2D eigenvalue weighted by atomic mass is 16.2. The number of benzene rings is 1. The van der Waals surface area contributed by atoms with E-state index in [0.717, 1.165) is 65.6 Å². The molecule has 1 aliphatic rings. The molecule has 0 bridgehead atoms. The van der Waals surface area contributed by atoms with Gasteiger partial charge < -0.3 is 14.9 Å². The number of piperidine rings is 1. The predicted molar refractivity (Wildman–Crippen MR) is 143 cm³/mol. The van der Waals surface area contributed by atoms with Gasteiger partial charge in [-0.05, 0) is 74.7 Å². The molecule has 0 radical (unpaired) electrons. The third-order valence-electron chi connectivity index (χ3n) is 7.21. The van der Waals surface area contributed by atoms with E-state index in [2.05, 4.69) is 74.2 Å². The van der Waals surface area contributed by atoms with Gasteiger partial charge in [0.2, 0.25) is 5.91 Å². The highest BCUT2D eigenvalue weighted by molar-refractivity contribution is 5.93. The van der Waals surface area contributed by atoms with Gasteiger partial charge in [-0.1, -0.05) is 13.8 Å². The summed E-state index contributed by atoms with van der Waals surface area (Å²) in [7, 11) is 3.61. The van der Waals surface area contributed by atoms with Crippen LogP contribution >= 0.6 is 0 Å². The van der Waals surface area contributed by atoms with Crippen molar-refractivity contribution in [2.24, 2.45) is 0 Å². The minimum Gasteiger partial charge on any atom is -0.354 e. The zero-order valence-electron chi connectivity index (χ0n) is 21.8. The summed E-state index contributed by atoms with van der Waals surface area (Å²) >= 11 is 0. The van der Waals surface area contributed by atoms with Crippen molar-refractivity contribution in [3.8, 4) is 22.6 Å². The number of hydrogen-bond acceptors (Lipinski definition) is 5. The van der Waals surface area contributed by atoms with Gasteiger partial charge in [-0.2, -0.15) is 0 Å². The minimum atomic E-state index is 0.151. The minimum absolute atomic E-state index is 0.151. The summed E-state index contributed by atoms with van der Waals surface area (Å²) < 4.78 is 0. The molecule has 3 aromatic heterocycles. The largest absolute Gasteiger partial charge is 0.354 e. The third kappa shape index (κ3) is 4.78. The second-order valence-corrected chi connectivity index (χ2v) is 10.4. The molecule has 0 aliphatic carbocycles. The SMILES string of the molecule is Cc1cc(-c2[nH]c3ccc(-c4nnc(C5CCN(CC(=O)N(C)C)CC5)[nH]4)cc3c2C(C)C)ccn1. The van der Waals surface area contributed by atoms with Gasteiger partial charge in [0, 0.05) is 53.9 Å². The molecular formula is C28H35N7O. The highest BCUT2D eigenvalue weighted by Gasteiger charge is 2.25. The monoisotopic (exact) mass is 485 g/mol. The number of amides is 1. The van der Waals surface area contributed by atoms with Crippen molar-refractivity contribution in [1.82, 2.24) is 34.9 Å². The van der Waals surface area contributed by atoms with Crippen molar-refractivity contribution in [1.29, 1.82) is 0 Å². The van der Waals surface area contributed by atoms with Gasteiger partial charge >= 0.3 is 0 Å². The quantitative estimate of drug-likeness (QED) is 0.412. The fraction of sp³-hybridized carbons (Fsp3) is 0.429. The number of nitrogens with one attached hydrogen (secondary N) is 2. The number of likely N-dealkylation sites (tertiary alicyclic amines) is 1. The van der Waals surface area contributed by atoms with Crippen molar-refractivity contribution in [3.63, 3.8) is 0 Å². The summed E-state index contributed by atoms with van der Waals surface area (Å²) in [6, 6.07) is 10.6. The Morgan fingerprint density at radius 1 is 1.08 bits per heavy atom. The maximum Gasteiger partial charge on any atom is 0.236 e. The Morgan fingerprint density at radius 3 is 2.56 bits per heavy atom. The van der Waals surface area contributed by atoms with Crippen molar-refractivity contribution >= 4 is 16.8 Å². The van der Waals surface area contributed by atoms with Crippen LogP contribution in [0.1, 0.15) is 55.6 Å². The van der Waals surface area contributed by atoms with Gasteiger partial charge in [0.25, 0.3) is 0 Å². The molecule has 0 unspecified atom stereocenters. The highest BCUT2D eigenvalue weighted by Crippen LogP contribution is 2.37. The number of rotatable bonds is 6. The molecule has 4 aromatic rings. The zero-order valence-corrected chi connectivity index (χ0v) is 21.8. The first-order valence-corrected chi connectivity index (χ1v) is 12.7.